The van der Waals surface area contributed by atoms with Crippen molar-refractivity contribution in [2.75, 3.05) is 26.3 Å². The molecule has 0 unspecified atom stereocenters. The fourth-order valence-electron chi connectivity index (χ4n) is 4.34. The van der Waals surface area contributed by atoms with Gasteiger partial charge in [-0.1, -0.05) is 55.5 Å². The van der Waals surface area contributed by atoms with Crippen LogP contribution in [0.5, 0.6) is 0 Å². The molecule has 1 aromatic rings. The van der Waals surface area contributed by atoms with Gasteiger partial charge in [-0.3, -0.25) is 4.79 Å². The van der Waals surface area contributed by atoms with Gasteiger partial charge in [-0.15, -0.1) is 0 Å². The Bertz CT molecular complexity index is 556. The molecule has 1 saturated carbocycles. The zero-order chi connectivity index (χ0) is 18.2. The van der Waals surface area contributed by atoms with Gasteiger partial charge in [0.15, 0.2) is 0 Å². The number of benzene rings is 1. The summed E-state index contributed by atoms with van der Waals surface area (Å²) in [6.45, 7) is 4.95. The number of nitrogens with one attached hydrogen (secondary N) is 2. The maximum absolute atomic E-state index is 13.1. The third kappa shape index (κ3) is 4.86. The zero-order valence-electron chi connectivity index (χ0n) is 16.2. The van der Waals surface area contributed by atoms with Gasteiger partial charge >= 0.3 is 0 Å². The van der Waals surface area contributed by atoms with Crippen LogP contribution in [0.1, 0.15) is 62.5 Å². The fourth-order valence-corrected chi connectivity index (χ4v) is 4.34. The van der Waals surface area contributed by atoms with Gasteiger partial charge in [-0.2, -0.15) is 0 Å². The van der Waals surface area contributed by atoms with Gasteiger partial charge in [-0.25, -0.2) is 0 Å². The molecule has 26 heavy (non-hydrogen) atoms. The Balaban J connectivity index is 1.55. The van der Waals surface area contributed by atoms with Gasteiger partial charge in [-0.05, 0) is 38.2 Å². The van der Waals surface area contributed by atoms with Crippen LogP contribution in [0.25, 0.3) is 0 Å². The Morgan fingerprint density at radius 3 is 2.35 bits per heavy atom. The van der Waals surface area contributed by atoms with E-state index in [2.05, 4.69) is 41.8 Å². The van der Waals surface area contributed by atoms with E-state index in [4.69, 9.17) is 4.74 Å². The van der Waals surface area contributed by atoms with Crippen molar-refractivity contribution < 1.29 is 9.53 Å². The maximum atomic E-state index is 13.1. The summed E-state index contributed by atoms with van der Waals surface area (Å²) in [4.78, 5) is 13.1. The summed E-state index contributed by atoms with van der Waals surface area (Å²) in [5.74, 6) is 0.160. The number of rotatable bonds is 6. The van der Waals surface area contributed by atoms with Crippen molar-refractivity contribution in [2.45, 2.75) is 69.7 Å². The number of hydrogen-bond donors (Lipinski definition) is 2. The van der Waals surface area contributed by atoms with Gasteiger partial charge in [0.05, 0.1) is 5.41 Å². The molecule has 2 aliphatic rings. The number of hydrogen-bond acceptors (Lipinski definition) is 3. The summed E-state index contributed by atoms with van der Waals surface area (Å²) in [5, 5.41) is 6.84. The number of ether oxygens (including phenoxy) is 1. The van der Waals surface area contributed by atoms with Gasteiger partial charge in [0.1, 0.15) is 0 Å². The Morgan fingerprint density at radius 2 is 1.69 bits per heavy atom. The van der Waals surface area contributed by atoms with E-state index in [1.54, 1.807) is 0 Å². The Kier molecular flexibility index (Phi) is 7.09. The summed E-state index contributed by atoms with van der Waals surface area (Å²) in [7, 11) is 0. The van der Waals surface area contributed by atoms with Crippen molar-refractivity contribution in [2.24, 2.45) is 0 Å². The van der Waals surface area contributed by atoms with Crippen LogP contribution in [0, 0.1) is 6.92 Å². The molecule has 0 radical (unpaired) electrons. The monoisotopic (exact) mass is 358 g/mol. The molecule has 0 aromatic heterocycles. The van der Waals surface area contributed by atoms with E-state index in [0.717, 1.165) is 24.9 Å². The summed E-state index contributed by atoms with van der Waals surface area (Å²) < 4.78 is 5.54. The largest absolute Gasteiger partial charge is 0.381 e. The summed E-state index contributed by atoms with van der Waals surface area (Å²) in [6, 6.07) is 9.07. The minimum Gasteiger partial charge on any atom is -0.381 e. The average Bonchev–Trinajstić information content (AvgIpc) is 2.95. The molecule has 1 aliphatic heterocycles. The van der Waals surface area contributed by atoms with E-state index in [-0.39, 0.29) is 5.91 Å². The molecule has 4 nitrogen and oxygen atoms in total. The molecule has 2 N–H and O–H groups in total. The lowest BCUT2D eigenvalue weighted by Gasteiger charge is -2.36. The highest BCUT2D eigenvalue weighted by atomic mass is 16.5. The van der Waals surface area contributed by atoms with E-state index in [1.807, 2.05) is 0 Å². The normalized spacial score (nSPS) is 21.1. The molecular weight excluding hydrogens is 324 g/mol. The molecule has 3 rings (SSSR count). The third-order valence-corrected chi connectivity index (χ3v) is 6.08. The van der Waals surface area contributed by atoms with Crippen molar-refractivity contribution in [1.82, 2.24) is 10.6 Å². The predicted octanol–water partition coefficient (Wildman–Crippen LogP) is 3.47. The minimum atomic E-state index is -0.436. The molecule has 1 saturated heterocycles. The number of carbonyl (C=O) groups is 1. The molecule has 2 fully saturated rings. The Labute approximate surface area is 158 Å². The number of carbonyl (C=O) groups excluding carboxylic acids is 1. The lowest BCUT2D eigenvalue weighted by atomic mass is 9.73. The smallest absolute Gasteiger partial charge is 0.230 e. The van der Waals surface area contributed by atoms with Crippen LogP contribution in [0.3, 0.4) is 0 Å². The molecule has 4 heteroatoms. The zero-order valence-corrected chi connectivity index (χ0v) is 16.2. The highest BCUT2D eigenvalue weighted by molar-refractivity contribution is 5.88. The predicted molar refractivity (Wildman–Crippen MR) is 105 cm³/mol. The topological polar surface area (TPSA) is 50.4 Å². The molecule has 1 aliphatic carbocycles. The second-order valence-electron chi connectivity index (χ2n) is 7.96. The van der Waals surface area contributed by atoms with Crippen LogP contribution in [0.4, 0.5) is 0 Å². The average molecular weight is 359 g/mol. The number of aryl methyl sites for hydroxylation is 1. The van der Waals surface area contributed by atoms with Crippen molar-refractivity contribution in [3.05, 3.63) is 35.4 Å². The van der Waals surface area contributed by atoms with Crippen LogP contribution in [0.15, 0.2) is 24.3 Å². The lowest BCUT2D eigenvalue weighted by Crippen LogP contribution is -2.49. The van der Waals surface area contributed by atoms with Crippen molar-refractivity contribution in [1.29, 1.82) is 0 Å². The van der Waals surface area contributed by atoms with Crippen molar-refractivity contribution in [3.63, 3.8) is 0 Å². The molecule has 1 heterocycles. The van der Waals surface area contributed by atoms with Gasteiger partial charge in [0, 0.05) is 32.3 Å². The van der Waals surface area contributed by atoms with Gasteiger partial charge in [0.2, 0.25) is 5.91 Å². The van der Waals surface area contributed by atoms with Crippen LogP contribution < -0.4 is 10.6 Å². The minimum absolute atomic E-state index is 0.160. The van der Waals surface area contributed by atoms with E-state index in [1.165, 1.54) is 44.1 Å². The summed E-state index contributed by atoms with van der Waals surface area (Å²) in [5.41, 5.74) is 1.92. The van der Waals surface area contributed by atoms with Crippen molar-refractivity contribution >= 4 is 5.91 Å². The van der Waals surface area contributed by atoms with E-state index < -0.39 is 5.41 Å². The first-order valence-electron chi connectivity index (χ1n) is 10.4. The molecule has 144 valence electrons. The molecule has 0 bridgehead atoms. The van der Waals surface area contributed by atoms with Crippen LogP contribution in [-0.4, -0.2) is 38.3 Å². The Morgan fingerprint density at radius 1 is 1.04 bits per heavy atom. The first-order chi connectivity index (χ1) is 12.7. The van der Waals surface area contributed by atoms with E-state index in [0.29, 0.717) is 25.8 Å². The van der Waals surface area contributed by atoms with E-state index in [9.17, 15) is 4.79 Å². The quantitative estimate of drug-likeness (QED) is 0.605. The highest BCUT2D eigenvalue weighted by Crippen LogP contribution is 2.35. The third-order valence-electron chi connectivity index (χ3n) is 6.08. The van der Waals surface area contributed by atoms with Crippen LogP contribution >= 0.6 is 0 Å². The molecular formula is C22H34N2O2. The second-order valence-corrected chi connectivity index (χ2v) is 7.96. The van der Waals surface area contributed by atoms with Gasteiger partial charge in [0.25, 0.3) is 0 Å². The first-order valence-corrected chi connectivity index (χ1v) is 10.4. The SMILES string of the molecule is Cc1ccc(C2(C(=O)NCCNC3CCCCCC3)CCOCC2)cc1. The molecule has 1 amide bonds. The fraction of sp³-hybridized carbons (Fsp3) is 0.682. The Hall–Kier alpha value is -1.39. The maximum Gasteiger partial charge on any atom is 0.230 e. The van der Waals surface area contributed by atoms with Crippen LogP contribution in [0.2, 0.25) is 0 Å². The highest BCUT2D eigenvalue weighted by Gasteiger charge is 2.41. The molecule has 1 aromatic carbocycles. The van der Waals surface area contributed by atoms with Crippen LogP contribution in [-0.2, 0) is 14.9 Å². The van der Waals surface area contributed by atoms with E-state index >= 15 is 0 Å². The first kappa shape index (κ1) is 19.4. The molecule has 0 atom stereocenters. The summed E-state index contributed by atoms with van der Waals surface area (Å²) >= 11 is 0. The number of amides is 1. The standard InChI is InChI=1S/C22H34N2O2/c1-18-8-10-19(11-9-18)22(12-16-26-17-13-22)21(25)24-15-14-23-20-6-4-2-3-5-7-20/h8-11,20,23H,2-7,12-17H2,1H3,(H,24,25). The second kappa shape index (κ2) is 9.52. The molecule has 0 spiro atoms. The van der Waals surface area contributed by atoms with Gasteiger partial charge < -0.3 is 15.4 Å². The van der Waals surface area contributed by atoms with Crippen molar-refractivity contribution in [3.8, 4) is 0 Å². The summed E-state index contributed by atoms with van der Waals surface area (Å²) in [6.07, 6.45) is 9.49. The lowest BCUT2D eigenvalue weighted by molar-refractivity contribution is -0.130.